The molecule has 4 rings (SSSR count). The van der Waals surface area contributed by atoms with Crippen molar-refractivity contribution in [1.29, 1.82) is 0 Å². The third-order valence-corrected chi connectivity index (χ3v) is 4.14. The monoisotopic (exact) mass is 245 g/mol. The van der Waals surface area contributed by atoms with Crippen molar-refractivity contribution in [2.75, 3.05) is 4.90 Å². The summed E-state index contributed by atoms with van der Waals surface area (Å²) in [4.78, 5) is 13.9. The van der Waals surface area contributed by atoms with Gasteiger partial charge in [-0.05, 0) is 37.8 Å². The Balaban J connectivity index is 1.84. The van der Waals surface area contributed by atoms with Gasteiger partial charge in [0.05, 0.1) is 5.69 Å². The number of carbonyl (C=O) groups excluding carboxylic acids is 1. The van der Waals surface area contributed by atoms with Gasteiger partial charge in [-0.15, -0.1) is 0 Å². The number of rotatable bonds is 0. The second-order valence-electron chi connectivity index (χ2n) is 5.19. The Kier molecular flexibility index (Phi) is 2.07. The predicted octanol–water partition coefficient (Wildman–Crippen LogP) is 2.72. The van der Waals surface area contributed by atoms with Gasteiger partial charge in [-0.1, -0.05) is 12.1 Å². The number of hydrogen-bond acceptors (Lipinski definition) is 3. The van der Waals surface area contributed by atoms with Gasteiger partial charge < -0.3 is 9.47 Å². The molecule has 0 spiro atoms. The van der Waals surface area contributed by atoms with Gasteiger partial charge in [0.1, 0.15) is 24.0 Å². The lowest BCUT2D eigenvalue weighted by Gasteiger charge is -2.36. The lowest BCUT2D eigenvalue weighted by Crippen LogP contribution is -2.50. The summed E-state index contributed by atoms with van der Waals surface area (Å²) in [6.07, 6.45) is 4.08. The van der Waals surface area contributed by atoms with Gasteiger partial charge in [0.15, 0.2) is 0 Å². The first-order valence-corrected chi connectivity index (χ1v) is 6.60. The van der Waals surface area contributed by atoms with E-state index in [2.05, 4.69) is 0 Å². The Morgan fingerprint density at radius 1 is 1.06 bits per heavy atom. The maximum Gasteiger partial charge on any atom is 0.415 e. The van der Waals surface area contributed by atoms with Crippen LogP contribution in [0.15, 0.2) is 24.3 Å². The minimum Gasteiger partial charge on any atom is -0.486 e. The van der Waals surface area contributed by atoms with Crippen LogP contribution in [0.1, 0.15) is 25.7 Å². The molecule has 1 saturated heterocycles. The molecule has 4 nitrogen and oxygen atoms in total. The van der Waals surface area contributed by atoms with E-state index in [9.17, 15) is 4.79 Å². The molecule has 1 saturated carbocycles. The average Bonchev–Trinajstić information content (AvgIpc) is 2.59. The molecule has 2 heterocycles. The summed E-state index contributed by atoms with van der Waals surface area (Å²) >= 11 is 0. The van der Waals surface area contributed by atoms with E-state index in [1.165, 1.54) is 0 Å². The molecule has 0 bridgehead atoms. The maximum atomic E-state index is 12.1. The molecule has 1 aromatic rings. The van der Waals surface area contributed by atoms with Gasteiger partial charge in [0.2, 0.25) is 0 Å². The predicted molar refractivity (Wildman–Crippen MR) is 65.9 cm³/mol. The summed E-state index contributed by atoms with van der Waals surface area (Å²) in [5.41, 5.74) is 0.855. The quantitative estimate of drug-likeness (QED) is 0.705. The molecule has 3 aliphatic rings. The van der Waals surface area contributed by atoms with E-state index in [1.807, 2.05) is 24.3 Å². The van der Waals surface area contributed by atoms with E-state index in [1.54, 1.807) is 4.90 Å². The SMILES string of the molecule is O=C1O[C@H]2CCCC[C@H]3Oc4ccccc4N1[C@@H]23. The molecule has 0 N–H and O–H groups in total. The second-order valence-corrected chi connectivity index (χ2v) is 5.19. The third kappa shape index (κ3) is 1.29. The van der Waals surface area contributed by atoms with E-state index < -0.39 is 0 Å². The highest BCUT2D eigenvalue weighted by Gasteiger charge is 2.51. The summed E-state index contributed by atoms with van der Waals surface area (Å²) in [7, 11) is 0. The number of anilines is 1. The Hall–Kier alpha value is -1.71. The smallest absolute Gasteiger partial charge is 0.415 e. The van der Waals surface area contributed by atoms with Crippen LogP contribution in [0.2, 0.25) is 0 Å². The number of ether oxygens (including phenoxy) is 2. The largest absolute Gasteiger partial charge is 0.486 e. The average molecular weight is 245 g/mol. The Bertz CT molecular complexity index is 502. The number of carbonyl (C=O) groups is 1. The number of fused-ring (bicyclic) bond motifs is 2. The molecular weight excluding hydrogens is 230 g/mol. The highest BCUT2D eigenvalue weighted by Crippen LogP contribution is 2.44. The minimum absolute atomic E-state index is 0.00152. The summed E-state index contributed by atoms with van der Waals surface area (Å²) in [6.45, 7) is 0. The van der Waals surface area contributed by atoms with E-state index in [0.717, 1.165) is 37.1 Å². The number of benzene rings is 1. The third-order valence-electron chi connectivity index (χ3n) is 4.14. The van der Waals surface area contributed by atoms with Gasteiger partial charge in [-0.3, -0.25) is 4.90 Å². The van der Waals surface area contributed by atoms with E-state index in [-0.39, 0.29) is 24.3 Å². The fourth-order valence-corrected chi connectivity index (χ4v) is 3.35. The molecule has 0 radical (unpaired) electrons. The molecule has 94 valence electrons. The van der Waals surface area contributed by atoms with Gasteiger partial charge in [0.25, 0.3) is 0 Å². The van der Waals surface area contributed by atoms with Crippen molar-refractivity contribution < 1.29 is 14.3 Å². The zero-order valence-corrected chi connectivity index (χ0v) is 10.0. The van der Waals surface area contributed by atoms with Gasteiger partial charge in [-0.2, -0.15) is 0 Å². The number of hydrogen-bond donors (Lipinski definition) is 0. The standard InChI is InChI=1S/C14H15NO3/c16-14-15-9-5-1-2-6-10(9)17-11-7-3-4-8-12(18-14)13(11)15/h1-2,5-6,11-13H,3-4,7-8H2/t11-,12+,13-/m1/s1. The summed E-state index contributed by atoms with van der Waals surface area (Å²) in [6, 6.07) is 7.79. The Morgan fingerprint density at radius 2 is 1.78 bits per heavy atom. The highest BCUT2D eigenvalue weighted by molar-refractivity contribution is 5.93. The first-order chi connectivity index (χ1) is 8.84. The van der Waals surface area contributed by atoms with Gasteiger partial charge >= 0.3 is 6.09 Å². The molecule has 1 amide bonds. The zero-order valence-electron chi connectivity index (χ0n) is 10.0. The summed E-state index contributed by atoms with van der Waals surface area (Å²) in [5, 5.41) is 0. The summed E-state index contributed by atoms with van der Waals surface area (Å²) < 4.78 is 11.6. The molecule has 0 aromatic heterocycles. The van der Waals surface area contributed by atoms with Crippen molar-refractivity contribution in [3.8, 4) is 5.75 Å². The van der Waals surface area contributed by atoms with Crippen LogP contribution >= 0.6 is 0 Å². The van der Waals surface area contributed by atoms with Crippen LogP contribution in [0.4, 0.5) is 10.5 Å². The zero-order chi connectivity index (χ0) is 12.1. The number of amides is 1. The van der Waals surface area contributed by atoms with Gasteiger partial charge in [-0.25, -0.2) is 4.79 Å². The number of para-hydroxylation sites is 2. The van der Waals surface area contributed by atoms with Crippen LogP contribution in [-0.2, 0) is 4.74 Å². The van der Waals surface area contributed by atoms with Crippen molar-refractivity contribution in [1.82, 2.24) is 0 Å². The van der Waals surface area contributed by atoms with Crippen molar-refractivity contribution in [2.24, 2.45) is 0 Å². The van der Waals surface area contributed by atoms with Crippen molar-refractivity contribution in [3.05, 3.63) is 24.3 Å². The van der Waals surface area contributed by atoms with Crippen LogP contribution in [0, 0.1) is 0 Å². The van der Waals surface area contributed by atoms with Crippen LogP contribution < -0.4 is 9.64 Å². The van der Waals surface area contributed by atoms with Crippen LogP contribution in [0.25, 0.3) is 0 Å². The molecule has 0 unspecified atom stereocenters. The fourth-order valence-electron chi connectivity index (χ4n) is 3.35. The molecule has 1 aromatic carbocycles. The van der Waals surface area contributed by atoms with E-state index >= 15 is 0 Å². The van der Waals surface area contributed by atoms with Gasteiger partial charge in [0, 0.05) is 0 Å². The van der Waals surface area contributed by atoms with Crippen molar-refractivity contribution >= 4 is 11.8 Å². The van der Waals surface area contributed by atoms with E-state index in [4.69, 9.17) is 9.47 Å². The fraction of sp³-hybridized carbons (Fsp3) is 0.500. The molecular formula is C14H15NO3. The molecule has 2 aliphatic heterocycles. The highest BCUT2D eigenvalue weighted by atomic mass is 16.6. The maximum absolute atomic E-state index is 12.1. The van der Waals surface area contributed by atoms with Crippen LogP contribution in [0.5, 0.6) is 5.75 Å². The minimum atomic E-state index is -0.215. The number of nitrogens with zero attached hydrogens (tertiary/aromatic N) is 1. The molecule has 4 heteroatoms. The second kappa shape index (κ2) is 3.64. The molecule has 1 aliphatic carbocycles. The summed E-state index contributed by atoms with van der Waals surface area (Å²) in [5.74, 6) is 0.804. The van der Waals surface area contributed by atoms with Crippen molar-refractivity contribution in [3.63, 3.8) is 0 Å². The molecule has 2 fully saturated rings. The topological polar surface area (TPSA) is 38.8 Å². The van der Waals surface area contributed by atoms with Crippen molar-refractivity contribution in [2.45, 2.75) is 43.9 Å². The van der Waals surface area contributed by atoms with E-state index in [0.29, 0.717) is 0 Å². The first kappa shape index (κ1) is 10.2. The van der Waals surface area contributed by atoms with Crippen LogP contribution in [0.3, 0.4) is 0 Å². The van der Waals surface area contributed by atoms with Crippen LogP contribution in [-0.4, -0.2) is 24.3 Å². The Labute approximate surface area is 105 Å². The lowest BCUT2D eigenvalue weighted by molar-refractivity contribution is 0.0929. The first-order valence-electron chi connectivity index (χ1n) is 6.60. The normalized spacial score (nSPS) is 33.0. The Morgan fingerprint density at radius 3 is 2.61 bits per heavy atom. The lowest BCUT2D eigenvalue weighted by atomic mass is 10.00. The molecule has 3 atom stereocenters. The molecule has 18 heavy (non-hydrogen) atoms.